The van der Waals surface area contributed by atoms with Crippen molar-refractivity contribution in [1.29, 1.82) is 0 Å². The van der Waals surface area contributed by atoms with Crippen molar-refractivity contribution in [2.75, 3.05) is 20.6 Å². The Morgan fingerprint density at radius 2 is 1.71 bits per heavy atom. The Bertz CT molecular complexity index is 1470. The van der Waals surface area contributed by atoms with E-state index in [1.54, 1.807) is 17.3 Å². The molecule has 7 aliphatic carbocycles. The maximum Gasteiger partial charge on any atom is 0.310 e. The van der Waals surface area contributed by atoms with E-state index in [4.69, 9.17) is 4.74 Å². The summed E-state index contributed by atoms with van der Waals surface area (Å²) in [6.07, 6.45) is 3.99. The molecule has 0 radical (unpaired) electrons. The summed E-state index contributed by atoms with van der Waals surface area (Å²) >= 11 is 1.25. The Morgan fingerprint density at radius 3 is 2.25 bits per heavy atom. The summed E-state index contributed by atoms with van der Waals surface area (Å²) in [5.41, 5.74) is -0.485. The minimum absolute atomic E-state index is 0.00392. The maximum atomic E-state index is 14.0. The molecule has 13 heteroatoms. The molecule has 1 heterocycles. The predicted octanol–water partition coefficient (Wildman–Crippen LogP) is 2.85. The third kappa shape index (κ3) is 4.47. The Hall–Kier alpha value is -3.06. The zero-order chi connectivity index (χ0) is 34.4. The van der Waals surface area contributed by atoms with Crippen molar-refractivity contribution in [1.82, 2.24) is 25.8 Å². The molecule has 12 nitrogen and oxygen atoms in total. The number of aliphatic carboxylic acids is 1. The second-order valence-electron chi connectivity index (χ2n) is 15.8. The first-order valence-electron chi connectivity index (χ1n) is 17.7. The van der Waals surface area contributed by atoms with Crippen LogP contribution in [0.5, 0.6) is 0 Å². The van der Waals surface area contributed by atoms with Crippen LogP contribution in [0.25, 0.3) is 0 Å². The second kappa shape index (κ2) is 11.8. The number of rotatable bonds is 18. The summed E-state index contributed by atoms with van der Waals surface area (Å²) < 4.78 is 5.76. The fourth-order valence-electron chi connectivity index (χ4n) is 10.9. The van der Waals surface area contributed by atoms with Crippen molar-refractivity contribution in [3.05, 3.63) is 16.1 Å². The van der Waals surface area contributed by atoms with E-state index in [1.807, 2.05) is 27.8 Å². The van der Waals surface area contributed by atoms with Gasteiger partial charge in [0.1, 0.15) is 16.7 Å². The molecule has 7 aliphatic rings. The summed E-state index contributed by atoms with van der Waals surface area (Å²) in [5, 5.41) is 21.4. The molecule has 0 spiro atoms. The quantitative estimate of drug-likeness (QED) is 0.134. The Kier molecular flexibility index (Phi) is 8.20. The van der Waals surface area contributed by atoms with Crippen LogP contribution in [0.4, 0.5) is 0 Å². The van der Waals surface area contributed by atoms with Crippen LogP contribution < -0.4 is 16.0 Å². The Morgan fingerprint density at radius 1 is 1.06 bits per heavy atom. The minimum Gasteiger partial charge on any atom is -0.481 e. The van der Waals surface area contributed by atoms with Gasteiger partial charge < -0.3 is 30.7 Å². The van der Waals surface area contributed by atoms with Crippen LogP contribution in [0.1, 0.15) is 87.8 Å². The number of carbonyl (C=O) groups is 5. The second-order valence-corrected chi connectivity index (χ2v) is 16.7. The zero-order valence-corrected chi connectivity index (χ0v) is 29.5. The van der Waals surface area contributed by atoms with E-state index in [1.165, 1.54) is 18.3 Å². The van der Waals surface area contributed by atoms with Gasteiger partial charge in [-0.15, -0.1) is 11.3 Å². The normalized spacial score (nSPS) is 34.8. The lowest BCUT2D eigenvalue weighted by atomic mass is 8.94. The number of nitrogens with one attached hydrogen (secondary N) is 3. The molecule has 0 aliphatic heterocycles. The third-order valence-corrected chi connectivity index (χ3v) is 14.1. The molecule has 7 saturated carbocycles. The maximum absolute atomic E-state index is 14.0. The van der Waals surface area contributed by atoms with Gasteiger partial charge in [0, 0.05) is 37.7 Å². The van der Waals surface area contributed by atoms with E-state index in [0.717, 1.165) is 38.6 Å². The lowest BCUT2D eigenvalue weighted by Crippen LogP contribution is -3.16. The van der Waals surface area contributed by atoms with Crippen LogP contribution >= 0.6 is 11.3 Å². The zero-order valence-electron chi connectivity index (χ0n) is 28.7. The van der Waals surface area contributed by atoms with Crippen LogP contribution in [0, 0.1) is 58.7 Å². The van der Waals surface area contributed by atoms with Crippen molar-refractivity contribution in [2.45, 2.75) is 89.9 Å². The van der Waals surface area contributed by atoms with Gasteiger partial charge in [0.25, 0.3) is 5.91 Å². The molecule has 0 bridgehead atoms. The largest absolute Gasteiger partial charge is 0.481 e. The number of ether oxygens (including phenoxy) is 1. The van der Waals surface area contributed by atoms with Crippen LogP contribution in [-0.4, -0.2) is 82.9 Å². The summed E-state index contributed by atoms with van der Waals surface area (Å²) in [6.45, 7) is 8.17. The van der Waals surface area contributed by atoms with E-state index in [2.05, 4.69) is 20.9 Å². The number of hydrogen-bond acceptors (Lipinski definition) is 9. The number of likely N-dealkylation sites (N-methyl/N-ethyl adjacent to an activating group) is 1. The standard InChI is InChI=1S/C35H49N5O7S/c1-15(2)20(40(6)32(44)28(18-10-11-18)38-29(42)16(3)9-7-8-12-36-5)13-21(47-17(4)41)31-37-19(14-48-31)30(43)39-35-25-22-26(35)24-27(35)23(25)34(22,24)33(45)46/h14-16,18,20-28,36H,7-13H2,1-6H3,(H,38,42)(H,39,43)(H,45,46)/t16-,20-,21-,22?,23?,24?,25?,26?,27?,28+,34?,35?/m1/s1. The number of amides is 3. The molecule has 8 rings (SSSR count). The number of aromatic nitrogens is 1. The van der Waals surface area contributed by atoms with E-state index in [-0.39, 0.29) is 88.3 Å². The van der Waals surface area contributed by atoms with Crippen LogP contribution in [0.15, 0.2) is 5.38 Å². The van der Waals surface area contributed by atoms with Crippen molar-refractivity contribution in [3.8, 4) is 0 Å². The van der Waals surface area contributed by atoms with Crippen molar-refractivity contribution < 1.29 is 33.8 Å². The monoisotopic (exact) mass is 683 g/mol. The number of carboxylic acid groups (broad SMARTS) is 1. The lowest BCUT2D eigenvalue weighted by molar-refractivity contribution is -0.609. The lowest BCUT2D eigenvalue weighted by Gasteiger charge is -3.09. The Labute approximate surface area is 285 Å². The molecule has 0 unspecified atom stereocenters. The van der Waals surface area contributed by atoms with Gasteiger partial charge in [0.2, 0.25) is 11.8 Å². The summed E-state index contributed by atoms with van der Waals surface area (Å²) in [5.74, 6) is -0.262. The van der Waals surface area contributed by atoms with Gasteiger partial charge >= 0.3 is 11.9 Å². The molecule has 7 fully saturated rings. The third-order valence-electron chi connectivity index (χ3n) is 13.2. The van der Waals surface area contributed by atoms with Crippen LogP contribution in [0.3, 0.4) is 0 Å². The summed E-state index contributed by atoms with van der Waals surface area (Å²) in [6, 6.07) is -0.927. The first-order valence-corrected chi connectivity index (χ1v) is 18.6. The topological polar surface area (TPSA) is 167 Å². The number of nitrogens with zero attached hydrogens (tertiary/aromatic N) is 2. The molecule has 262 valence electrons. The highest BCUT2D eigenvalue weighted by Crippen LogP contribution is 3.07. The fraction of sp³-hybridized carbons (Fsp3) is 0.771. The van der Waals surface area contributed by atoms with Gasteiger partial charge in [-0.3, -0.25) is 24.0 Å². The molecular weight excluding hydrogens is 634 g/mol. The first-order chi connectivity index (χ1) is 22.8. The first kappa shape index (κ1) is 33.4. The van der Waals surface area contributed by atoms with Gasteiger partial charge in [0.05, 0.1) is 11.0 Å². The smallest absolute Gasteiger partial charge is 0.310 e. The van der Waals surface area contributed by atoms with Gasteiger partial charge in [-0.2, -0.15) is 0 Å². The summed E-state index contributed by atoms with van der Waals surface area (Å²) in [7, 11) is 3.66. The fourth-order valence-corrected chi connectivity index (χ4v) is 11.7. The number of unbranched alkanes of at least 4 members (excludes halogenated alkanes) is 1. The molecule has 4 atom stereocenters. The van der Waals surface area contributed by atoms with Gasteiger partial charge in [-0.05, 0) is 86.6 Å². The van der Waals surface area contributed by atoms with Gasteiger partial charge in [-0.25, -0.2) is 4.98 Å². The number of carboxylic acids is 1. The number of hydrogen-bond donors (Lipinski definition) is 4. The molecule has 48 heavy (non-hydrogen) atoms. The average Bonchev–Trinajstić information content (AvgIpc) is 3.77. The SMILES string of the molecule is CNCCCC[C@@H](C)C(=O)N[C@H](C(=O)N(C)[C@H](C[C@@H](OC(C)=O)c1nc(C(=O)NC23C4C5C2C2C3C4C52C(=O)O)cs1)C(C)C)C1CC1. The number of carbonyl (C=O) groups excluding carboxylic acids is 4. The van der Waals surface area contributed by atoms with E-state index in [9.17, 15) is 29.1 Å². The van der Waals surface area contributed by atoms with Crippen LogP contribution in [-0.2, 0) is 23.9 Å². The molecular formula is C35H49N5O7S. The molecule has 3 amide bonds. The molecule has 4 N–H and O–H groups in total. The summed E-state index contributed by atoms with van der Waals surface area (Å²) in [4.78, 5) is 71.0. The average molecular weight is 684 g/mol. The predicted molar refractivity (Wildman–Crippen MR) is 175 cm³/mol. The van der Waals surface area contributed by atoms with Gasteiger partial charge in [0.15, 0.2) is 6.10 Å². The molecule has 0 saturated heterocycles. The Balaban J connectivity index is 0.992. The van der Waals surface area contributed by atoms with Crippen molar-refractivity contribution in [3.63, 3.8) is 0 Å². The van der Waals surface area contributed by atoms with Crippen molar-refractivity contribution >= 4 is 41.0 Å². The molecule has 1 aromatic rings. The van der Waals surface area contributed by atoms with E-state index >= 15 is 0 Å². The molecule has 0 aromatic carbocycles. The molecule has 1 aromatic heterocycles. The number of thiazole rings is 1. The van der Waals surface area contributed by atoms with Crippen molar-refractivity contribution in [2.24, 2.45) is 58.7 Å². The number of esters is 1. The van der Waals surface area contributed by atoms with Gasteiger partial charge in [-0.1, -0.05) is 27.2 Å². The highest BCUT2D eigenvalue weighted by atomic mass is 32.1. The van der Waals surface area contributed by atoms with Crippen LogP contribution in [0.2, 0.25) is 0 Å². The minimum atomic E-state index is -0.762. The van der Waals surface area contributed by atoms with E-state index < -0.39 is 29.5 Å². The highest BCUT2D eigenvalue weighted by molar-refractivity contribution is 7.09. The highest BCUT2D eigenvalue weighted by Gasteiger charge is 3.12. The van der Waals surface area contributed by atoms with E-state index in [0.29, 0.717) is 11.4 Å².